The van der Waals surface area contributed by atoms with Gasteiger partial charge in [-0.05, 0) is 24.1 Å². The Morgan fingerprint density at radius 3 is 2.65 bits per heavy atom. The molecule has 2 rings (SSSR count). The van der Waals surface area contributed by atoms with Crippen LogP contribution in [-0.2, 0) is 6.42 Å². The van der Waals surface area contributed by atoms with Gasteiger partial charge in [0.1, 0.15) is 5.82 Å². The zero-order chi connectivity index (χ0) is 12.6. The average molecular weight is 273 g/mol. The van der Waals surface area contributed by atoms with Crippen molar-refractivity contribution in [1.29, 1.82) is 0 Å². The van der Waals surface area contributed by atoms with Gasteiger partial charge in [0.15, 0.2) is 5.82 Å². The summed E-state index contributed by atoms with van der Waals surface area (Å²) in [6.07, 6.45) is 0.791. The van der Waals surface area contributed by atoms with Crippen LogP contribution in [0, 0.1) is 5.82 Å². The lowest BCUT2D eigenvalue weighted by atomic mass is 10.1. The van der Waals surface area contributed by atoms with E-state index in [2.05, 4.69) is 10.3 Å². The third-order valence-corrected chi connectivity index (χ3v) is 3.30. The second kappa shape index (κ2) is 4.67. The normalized spacial score (nSPS) is 10.9. The number of nitrogens with one attached hydrogen (secondary N) is 1. The topological polar surface area (TPSA) is 24.9 Å². The Bertz CT molecular complexity index is 584. The Labute approximate surface area is 109 Å². The largest absolute Gasteiger partial charge is 0.373 e. The number of hydrogen-bond donors (Lipinski definition) is 1. The highest BCUT2D eigenvalue weighted by atomic mass is 35.5. The lowest BCUT2D eigenvalue weighted by molar-refractivity contribution is 0.630. The van der Waals surface area contributed by atoms with Gasteiger partial charge in [0, 0.05) is 12.4 Å². The zero-order valence-electron chi connectivity index (χ0n) is 9.44. The van der Waals surface area contributed by atoms with E-state index in [4.69, 9.17) is 23.2 Å². The van der Waals surface area contributed by atoms with Gasteiger partial charge >= 0.3 is 0 Å². The molecule has 0 saturated heterocycles. The molecular formula is C12H11Cl2FN2. The minimum atomic E-state index is -0.595. The lowest BCUT2D eigenvalue weighted by Crippen LogP contribution is -1.99. The summed E-state index contributed by atoms with van der Waals surface area (Å²) in [5.41, 5.74) is 1.58. The molecule has 1 aromatic heterocycles. The number of rotatable bonds is 2. The monoisotopic (exact) mass is 272 g/mol. The first-order valence-electron chi connectivity index (χ1n) is 5.23. The van der Waals surface area contributed by atoms with Crippen molar-refractivity contribution < 1.29 is 4.39 Å². The van der Waals surface area contributed by atoms with Crippen LogP contribution in [0.1, 0.15) is 12.5 Å². The van der Waals surface area contributed by atoms with Crippen molar-refractivity contribution in [2.75, 3.05) is 12.4 Å². The molecule has 1 N–H and O–H groups in total. The van der Waals surface area contributed by atoms with Gasteiger partial charge in [-0.1, -0.05) is 30.1 Å². The quantitative estimate of drug-likeness (QED) is 0.826. The number of aryl methyl sites for hydroxylation is 1. The van der Waals surface area contributed by atoms with Crippen molar-refractivity contribution in [3.05, 3.63) is 33.6 Å². The van der Waals surface area contributed by atoms with Gasteiger partial charge in [0.2, 0.25) is 0 Å². The van der Waals surface area contributed by atoms with Gasteiger partial charge in [0.25, 0.3) is 0 Å². The van der Waals surface area contributed by atoms with Crippen molar-refractivity contribution in [3.63, 3.8) is 0 Å². The summed E-state index contributed by atoms with van der Waals surface area (Å²) in [6, 6.07) is 3.33. The van der Waals surface area contributed by atoms with Gasteiger partial charge in [0.05, 0.1) is 15.6 Å². The molecule has 0 spiro atoms. The predicted octanol–water partition coefficient (Wildman–Crippen LogP) is 4.28. The molecule has 0 amide bonds. The van der Waals surface area contributed by atoms with Crippen molar-refractivity contribution in [3.8, 4) is 0 Å². The molecule has 0 fully saturated rings. The summed E-state index contributed by atoms with van der Waals surface area (Å²) < 4.78 is 13.6. The number of hydrogen-bond acceptors (Lipinski definition) is 2. The van der Waals surface area contributed by atoms with E-state index in [0.29, 0.717) is 10.9 Å². The van der Waals surface area contributed by atoms with Gasteiger partial charge in [-0.3, -0.25) is 0 Å². The number of aromatic nitrogens is 1. The van der Waals surface area contributed by atoms with E-state index in [0.717, 1.165) is 17.8 Å². The van der Waals surface area contributed by atoms with Crippen LogP contribution >= 0.6 is 23.2 Å². The second-order valence-corrected chi connectivity index (χ2v) is 4.44. The number of benzene rings is 1. The summed E-state index contributed by atoms with van der Waals surface area (Å²) >= 11 is 11.7. The Morgan fingerprint density at radius 2 is 2.06 bits per heavy atom. The number of nitrogens with zero attached hydrogens (tertiary/aromatic N) is 1. The molecule has 0 atom stereocenters. The number of halogens is 3. The van der Waals surface area contributed by atoms with Gasteiger partial charge < -0.3 is 5.32 Å². The summed E-state index contributed by atoms with van der Waals surface area (Å²) in [5, 5.41) is 3.60. The van der Waals surface area contributed by atoms with Crippen LogP contribution in [0.4, 0.5) is 10.2 Å². The fraction of sp³-hybridized carbons (Fsp3) is 0.250. The van der Waals surface area contributed by atoms with E-state index < -0.39 is 5.82 Å². The Hall–Kier alpha value is -1.06. The van der Waals surface area contributed by atoms with Crippen LogP contribution in [-0.4, -0.2) is 12.0 Å². The first-order chi connectivity index (χ1) is 8.08. The van der Waals surface area contributed by atoms with Crippen molar-refractivity contribution in [1.82, 2.24) is 4.98 Å². The van der Waals surface area contributed by atoms with E-state index in [1.165, 1.54) is 6.07 Å². The van der Waals surface area contributed by atoms with Gasteiger partial charge in [-0.2, -0.15) is 0 Å². The summed E-state index contributed by atoms with van der Waals surface area (Å²) in [7, 11) is 1.79. The van der Waals surface area contributed by atoms with Crippen LogP contribution in [0.3, 0.4) is 0 Å². The van der Waals surface area contributed by atoms with E-state index in [-0.39, 0.29) is 10.0 Å². The lowest BCUT2D eigenvalue weighted by Gasteiger charge is -2.10. The first kappa shape index (κ1) is 12.4. The number of fused-ring (bicyclic) bond motifs is 1. The fourth-order valence-corrected chi connectivity index (χ4v) is 2.25. The molecule has 17 heavy (non-hydrogen) atoms. The molecule has 1 aromatic carbocycles. The molecule has 0 aliphatic rings. The van der Waals surface area contributed by atoms with Gasteiger partial charge in [-0.15, -0.1) is 0 Å². The maximum atomic E-state index is 13.6. The highest BCUT2D eigenvalue weighted by Crippen LogP contribution is 2.33. The summed E-state index contributed by atoms with van der Waals surface area (Å²) in [5.74, 6) is 0.167. The van der Waals surface area contributed by atoms with E-state index in [1.54, 1.807) is 7.05 Å². The molecule has 0 radical (unpaired) electrons. The Balaban J connectivity index is 2.83. The molecule has 5 heteroatoms. The average Bonchev–Trinajstić information content (AvgIpc) is 2.34. The zero-order valence-corrected chi connectivity index (χ0v) is 11.0. The highest BCUT2D eigenvalue weighted by molar-refractivity contribution is 6.38. The molecule has 90 valence electrons. The molecule has 0 saturated carbocycles. The third kappa shape index (κ3) is 2.05. The first-order valence-corrected chi connectivity index (χ1v) is 5.99. The second-order valence-electron chi connectivity index (χ2n) is 3.65. The smallest absolute Gasteiger partial charge is 0.161 e. The molecule has 0 unspecified atom stereocenters. The number of anilines is 1. The third-order valence-electron chi connectivity index (χ3n) is 2.65. The standard InChI is InChI=1S/C12H11Cl2FN2/c1-3-6-4-7-9(17-12(6)16-2)5-8(13)11(15)10(7)14/h4-5H,3H2,1-2H3,(H,16,17). The molecular weight excluding hydrogens is 262 g/mol. The highest BCUT2D eigenvalue weighted by Gasteiger charge is 2.13. The maximum Gasteiger partial charge on any atom is 0.161 e. The summed E-state index contributed by atoms with van der Waals surface area (Å²) in [6.45, 7) is 2.00. The molecule has 0 aliphatic carbocycles. The molecule has 2 aromatic rings. The molecule has 0 aliphatic heterocycles. The van der Waals surface area contributed by atoms with E-state index >= 15 is 0 Å². The van der Waals surface area contributed by atoms with Crippen molar-refractivity contribution in [2.24, 2.45) is 0 Å². The summed E-state index contributed by atoms with van der Waals surface area (Å²) in [4.78, 5) is 4.38. The minimum absolute atomic E-state index is 0.0127. The van der Waals surface area contributed by atoms with Crippen molar-refractivity contribution in [2.45, 2.75) is 13.3 Å². The molecule has 0 bridgehead atoms. The van der Waals surface area contributed by atoms with E-state index in [1.807, 2.05) is 13.0 Å². The van der Waals surface area contributed by atoms with E-state index in [9.17, 15) is 4.39 Å². The minimum Gasteiger partial charge on any atom is -0.373 e. The number of pyridine rings is 1. The van der Waals surface area contributed by atoms with Crippen LogP contribution in [0.25, 0.3) is 10.9 Å². The SMILES string of the molecule is CCc1cc2c(Cl)c(F)c(Cl)cc2nc1NC. The maximum absolute atomic E-state index is 13.6. The fourth-order valence-electron chi connectivity index (χ4n) is 1.75. The molecule has 2 nitrogen and oxygen atoms in total. The van der Waals surface area contributed by atoms with Crippen LogP contribution < -0.4 is 5.32 Å². The van der Waals surface area contributed by atoms with Crippen LogP contribution in [0.15, 0.2) is 12.1 Å². The Morgan fingerprint density at radius 1 is 1.35 bits per heavy atom. The van der Waals surface area contributed by atoms with Crippen molar-refractivity contribution >= 4 is 39.9 Å². The Kier molecular flexibility index (Phi) is 3.40. The predicted molar refractivity (Wildman–Crippen MR) is 70.6 cm³/mol. The van der Waals surface area contributed by atoms with Gasteiger partial charge in [-0.25, -0.2) is 9.37 Å². The van der Waals surface area contributed by atoms with Crippen LogP contribution in [0.5, 0.6) is 0 Å². The molecule has 1 heterocycles. The van der Waals surface area contributed by atoms with Crippen LogP contribution in [0.2, 0.25) is 10.0 Å².